The van der Waals surface area contributed by atoms with Gasteiger partial charge in [-0.25, -0.2) is 4.79 Å². The normalized spacial score (nSPS) is 21.1. The maximum absolute atomic E-state index is 12.3. The molecule has 1 heterocycles. The Bertz CT molecular complexity index is 387. The van der Waals surface area contributed by atoms with Crippen LogP contribution in [0.15, 0.2) is 0 Å². The van der Waals surface area contributed by atoms with Gasteiger partial charge in [0.25, 0.3) is 0 Å². The summed E-state index contributed by atoms with van der Waals surface area (Å²) < 4.78 is 5.16. The van der Waals surface area contributed by atoms with E-state index >= 15 is 0 Å². The smallest absolute Gasteiger partial charge is 0.317 e. The Morgan fingerprint density at radius 2 is 1.74 bits per heavy atom. The van der Waals surface area contributed by atoms with Crippen LogP contribution in [0.3, 0.4) is 0 Å². The number of urea groups is 1. The zero-order valence-corrected chi connectivity index (χ0v) is 14.1. The lowest BCUT2D eigenvalue weighted by molar-refractivity contribution is -0.135. The molecule has 2 aliphatic rings. The molecule has 3 amide bonds. The molecule has 0 aromatic rings. The van der Waals surface area contributed by atoms with E-state index in [0.29, 0.717) is 45.2 Å². The highest BCUT2D eigenvalue weighted by Gasteiger charge is 2.26. The van der Waals surface area contributed by atoms with E-state index in [4.69, 9.17) is 10.5 Å². The second kappa shape index (κ2) is 9.08. The summed E-state index contributed by atoms with van der Waals surface area (Å²) in [6, 6.07) is 0.337. The molecular formula is C16H30N4O3. The van der Waals surface area contributed by atoms with E-state index in [2.05, 4.69) is 5.32 Å². The Morgan fingerprint density at radius 1 is 1.13 bits per heavy atom. The predicted molar refractivity (Wildman–Crippen MR) is 88.0 cm³/mol. The summed E-state index contributed by atoms with van der Waals surface area (Å²) in [6.07, 6.45) is 5.93. The lowest BCUT2D eigenvalue weighted by atomic mass is 9.96. The lowest BCUT2D eigenvalue weighted by Crippen LogP contribution is -2.55. The Hall–Kier alpha value is -1.34. The fourth-order valence-corrected chi connectivity index (χ4v) is 3.26. The van der Waals surface area contributed by atoms with E-state index in [1.54, 1.807) is 12.0 Å². The van der Waals surface area contributed by atoms with E-state index in [1.807, 2.05) is 4.90 Å². The van der Waals surface area contributed by atoms with Crippen molar-refractivity contribution in [2.24, 2.45) is 5.73 Å². The zero-order valence-electron chi connectivity index (χ0n) is 14.1. The second-order valence-electron chi connectivity index (χ2n) is 6.45. The number of rotatable bonds is 5. The molecule has 1 saturated carbocycles. The molecule has 0 radical (unpaired) electrons. The molecule has 2 rings (SSSR count). The highest BCUT2D eigenvalue weighted by atomic mass is 16.5. The van der Waals surface area contributed by atoms with Crippen molar-refractivity contribution in [2.45, 2.75) is 50.7 Å². The van der Waals surface area contributed by atoms with Gasteiger partial charge in [0.1, 0.15) is 0 Å². The molecule has 23 heavy (non-hydrogen) atoms. The Morgan fingerprint density at radius 3 is 2.30 bits per heavy atom. The van der Waals surface area contributed by atoms with Crippen LogP contribution in [0.5, 0.6) is 0 Å². The van der Waals surface area contributed by atoms with Crippen molar-refractivity contribution in [1.82, 2.24) is 15.1 Å². The third kappa shape index (κ3) is 5.35. The Balaban J connectivity index is 1.72. The van der Waals surface area contributed by atoms with E-state index in [1.165, 1.54) is 19.3 Å². The molecule has 0 bridgehead atoms. The number of hydrogen-bond acceptors (Lipinski definition) is 4. The molecule has 3 N–H and O–H groups in total. The van der Waals surface area contributed by atoms with Gasteiger partial charge >= 0.3 is 6.03 Å². The van der Waals surface area contributed by atoms with Gasteiger partial charge in [-0.3, -0.25) is 4.79 Å². The van der Waals surface area contributed by atoms with Gasteiger partial charge in [0.05, 0.1) is 12.5 Å². The number of nitrogens with one attached hydrogen (secondary N) is 1. The van der Waals surface area contributed by atoms with Crippen LogP contribution in [0, 0.1) is 0 Å². The summed E-state index contributed by atoms with van der Waals surface area (Å²) in [5.41, 5.74) is 5.55. The molecule has 0 spiro atoms. The molecule has 2 fully saturated rings. The highest BCUT2D eigenvalue weighted by Crippen LogP contribution is 2.17. The molecule has 1 aliphatic carbocycles. The van der Waals surface area contributed by atoms with Gasteiger partial charge in [0, 0.05) is 45.9 Å². The molecule has 1 aliphatic heterocycles. The van der Waals surface area contributed by atoms with Crippen molar-refractivity contribution >= 4 is 11.9 Å². The standard InChI is InChI=1S/C16H30N4O3/c1-23-14(12-17)11-15(21)19-7-9-20(10-8-19)16(22)18-13-5-3-2-4-6-13/h13-14H,2-12,17H2,1H3,(H,18,22). The predicted octanol–water partition coefficient (Wildman–Crippen LogP) is 0.537. The number of methoxy groups -OCH3 is 1. The van der Waals surface area contributed by atoms with E-state index < -0.39 is 0 Å². The summed E-state index contributed by atoms with van der Waals surface area (Å²) in [6.45, 7) is 2.68. The minimum absolute atomic E-state index is 0.0146. The third-order valence-corrected chi connectivity index (χ3v) is 4.85. The van der Waals surface area contributed by atoms with Crippen LogP contribution in [0.1, 0.15) is 38.5 Å². The van der Waals surface area contributed by atoms with Crippen LogP contribution in [-0.2, 0) is 9.53 Å². The van der Waals surface area contributed by atoms with Gasteiger partial charge < -0.3 is 25.6 Å². The largest absolute Gasteiger partial charge is 0.380 e. The van der Waals surface area contributed by atoms with Crippen LogP contribution in [0.4, 0.5) is 4.79 Å². The van der Waals surface area contributed by atoms with E-state index in [0.717, 1.165) is 12.8 Å². The van der Waals surface area contributed by atoms with Gasteiger partial charge in [-0.1, -0.05) is 19.3 Å². The summed E-state index contributed by atoms with van der Waals surface area (Å²) in [5, 5.41) is 3.13. The maximum Gasteiger partial charge on any atom is 0.317 e. The molecule has 1 unspecified atom stereocenters. The van der Waals surface area contributed by atoms with Gasteiger partial charge in [-0.15, -0.1) is 0 Å². The first-order chi connectivity index (χ1) is 11.1. The maximum atomic E-state index is 12.3. The average Bonchev–Trinajstić information content (AvgIpc) is 2.60. The summed E-state index contributed by atoms with van der Waals surface area (Å²) in [4.78, 5) is 28.1. The first kappa shape index (κ1) is 18.0. The zero-order chi connectivity index (χ0) is 16.7. The molecule has 1 saturated heterocycles. The molecule has 7 heteroatoms. The van der Waals surface area contributed by atoms with Gasteiger partial charge in [-0.2, -0.15) is 0 Å². The molecule has 0 aromatic heterocycles. The number of carbonyl (C=O) groups excluding carboxylic acids is 2. The summed E-state index contributed by atoms with van der Waals surface area (Å²) in [7, 11) is 1.57. The van der Waals surface area contributed by atoms with Gasteiger partial charge in [0.15, 0.2) is 0 Å². The van der Waals surface area contributed by atoms with Crippen LogP contribution < -0.4 is 11.1 Å². The van der Waals surface area contributed by atoms with Crippen molar-refractivity contribution in [3.63, 3.8) is 0 Å². The second-order valence-corrected chi connectivity index (χ2v) is 6.45. The van der Waals surface area contributed by atoms with E-state index in [9.17, 15) is 9.59 Å². The summed E-state index contributed by atoms with van der Waals surface area (Å²) in [5.74, 6) is 0.0506. The minimum atomic E-state index is -0.227. The monoisotopic (exact) mass is 326 g/mol. The van der Waals surface area contributed by atoms with Crippen LogP contribution in [0.25, 0.3) is 0 Å². The molecule has 7 nitrogen and oxygen atoms in total. The third-order valence-electron chi connectivity index (χ3n) is 4.85. The fraction of sp³-hybridized carbons (Fsp3) is 0.875. The Labute approximate surface area is 138 Å². The van der Waals surface area contributed by atoms with Crippen LogP contribution >= 0.6 is 0 Å². The number of nitrogens with zero attached hydrogens (tertiary/aromatic N) is 2. The summed E-state index contributed by atoms with van der Waals surface area (Å²) >= 11 is 0. The van der Waals surface area contributed by atoms with Crippen molar-refractivity contribution in [3.8, 4) is 0 Å². The molecular weight excluding hydrogens is 296 g/mol. The molecule has 132 valence electrons. The minimum Gasteiger partial charge on any atom is -0.380 e. The first-order valence-electron chi connectivity index (χ1n) is 8.70. The first-order valence-corrected chi connectivity index (χ1v) is 8.70. The van der Waals surface area contributed by atoms with Gasteiger partial charge in [-0.05, 0) is 12.8 Å². The quantitative estimate of drug-likeness (QED) is 0.772. The molecule has 0 aromatic carbocycles. The Kier molecular flexibility index (Phi) is 7.11. The van der Waals surface area contributed by atoms with Crippen LogP contribution in [0.2, 0.25) is 0 Å². The van der Waals surface area contributed by atoms with Crippen molar-refractivity contribution < 1.29 is 14.3 Å². The number of amides is 3. The topological polar surface area (TPSA) is 87.9 Å². The number of carbonyl (C=O) groups is 2. The average molecular weight is 326 g/mol. The van der Waals surface area contributed by atoms with Gasteiger partial charge in [0.2, 0.25) is 5.91 Å². The van der Waals surface area contributed by atoms with Crippen LogP contribution in [-0.4, -0.2) is 73.7 Å². The number of ether oxygens (including phenoxy) is 1. The van der Waals surface area contributed by atoms with Crippen molar-refractivity contribution in [2.75, 3.05) is 39.8 Å². The van der Waals surface area contributed by atoms with Crippen molar-refractivity contribution in [1.29, 1.82) is 0 Å². The number of hydrogen-bond donors (Lipinski definition) is 2. The SMILES string of the molecule is COC(CN)CC(=O)N1CCN(C(=O)NC2CCCCC2)CC1. The number of nitrogens with two attached hydrogens (primary N) is 1. The fourth-order valence-electron chi connectivity index (χ4n) is 3.26. The lowest BCUT2D eigenvalue weighted by Gasteiger charge is -2.36. The molecule has 1 atom stereocenters. The number of piperazine rings is 1. The van der Waals surface area contributed by atoms with E-state index in [-0.39, 0.29) is 18.0 Å². The van der Waals surface area contributed by atoms with Crippen molar-refractivity contribution in [3.05, 3.63) is 0 Å². The highest BCUT2D eigenvalue weighted by molar-refractivity contribution is 5.78.